The van der Waals surface area contributed by atoms with Crippen LogP contribution in [0.25, 0.3) is 0 Å². The maximum atomic E-state index is 13.2. The number of carbonyl (C=O) groups excluding carboxylic acids is 2. The van der Waals surface area contributed by atoms with Crippen LogP contribution in [0, 0.1) is 5.92 Å². The third-order valence-electron chi connectivity index (χ3n) is 5.81. The summed E-state index contributed by atoms with van der Waals surface area (Å²) in [6, 6.07) is 26.8. The highest BCUT2D eigenvalue weighted by atomic mass is 16.5. The fraction of sp³-hybridized carbons (Fsp3) is 0.231. The Balaban J connectivity index is 1.58. The first-order valence-corrected chi connectivity index (χ1v) is 10.5. The molecular weight excluding hydrogens is 388 g/mol. The van der Waals surface area contributed by atoms with Crippen molar-refractivity contribution in [2.45, 2.75) is 12.5 Å². The van der Waals surface area contributed by atoms with Gasteiger partial charge in [0.15, 0.2) is 0 Å². The second kappa shape index (κ2) is 9.47. The number of nitrogens with one attached hydrogen (secondary N) is 1. The van der Waals surface area contributed by atoms with Crippen molar-refractivity contribution in [3.63, 3.8) is 0 Å². The van der Waals surface area contributed by atoms with Crippen LogP contribution in [0.1, 0.15) is 27.4 Å². The molecule has 1 aliphatic rings. The summed E-state index contributed by atoms with van der Waals surface area (Å²) in [6.45, 7) is 1.30. The molecule has 1 N–H and O–H groups in total. The zero-order chi connectivity index (χ0) is 21.6. The van der Waals surface area contributed by atoms with E-state index < -0.39 is 0 Å². The molecule has 5 heteroatoms. The van der Waals surface area contributed by atoms with Crippen LogP contribution in [0.4, 0.5) is 0 Å². The van der Waals surface area contributed by atoms with Gasteiger partial charge in [-0.15, -0.1) is 0 Å². The highest BCUT2D eigenvalue weighted by Gasteiger charge is 2.41. The number of likely N-dealkylation sites (tertiary alicyclic amines) is 1. The molecule has 0 saturated carbocycles. The first-order valence-electron chi connectivity index (χ1n) is 10.5. The number of ether oxygens (including phenoxy) is 1. The smallest absolute Gasteiger partial charge is 0.253 e. The van der Waals surface area contributed by atoms with Crippen molar-refractivity contribution < 1.29 is 14.3 Å². The number of methoxy groups -OCH3 is 1. The fourth-order valence-electron chi connectivity index (χ4n) is 4.20. The Labute approximate surface area is 182 Å². The van der Waals surface area contributed by atoms with Gasteiger partial charge in [-0.3, -0.25) is 9.59 Å². The van der Waals surface area contributed by atoms with E-state index in [9.17, 15) is 9.59 Å². The van der Waals surface area contributed by atoms with Crippen LogP contribution in [-0.4, -0.2) is 36.9 Å². The number of hydrogen-bond donors (Lipinski definition) is 1. The lowest BCUT2D eigenvalue weighted by molar-refractivity contribution is -0.125. The van der Waals surface area contributed by atoms with Crippen LogP contribution in [0.15, 0.2) is 84.9 Å². The fourth-order valence-corrected chi connectivity index (χ4v) is 4.20. The molecule has 0 spiro atoms. The summed E-state index contributed by atoms with van der Waals surface area (Å²) in [5.74, 6) is 0.136. The van der Waals surface area contributed by atoms with E-state index in [1.807, 2.05) is 84.9 Å². The second-order valence-corrected chi connectivity index (χ2v) is 7.73. The Morgan fingerprint density at radius 1 is 0.903 bits per heavy atom. The summed E-state index contributed by atoms with van der Waals surface area (Å²) in [6.07, 6.45) is 0. The predicted octanol–water partition coefficient (Wildman–Crippen LogP) is 3.87. The standard InChI is InChI=1S/C26H26N2O3/c1-31-24-15-9-8-14-21(24)22-17-28(26(30)20-12-6-3-7-13-20)18-23(22)25(29)27-16-19-10-4-2-5-11-19/h2-15,22-23H,16-18H2,1H3,(H,27,29)/t22-,23+/m0/s1. The van der Waals surface area contributed by atoms with E-state index in [1.54, 1.807) is 12.0 Å². The van der Waals surface area contributed by atoms with Gasteiger partial charge in [0.2, 0.25) is 5.91 Å². The van der Waals surface area contributed by atoms with Crippen molar-refractivity contribution in [2.24, 2.45) is 5.92 Å². The number of benzene rings is 3. The zero-order valence-corrected chi connectivity index (χ0v) is 17.5. The van der Waals surface area contributed by atoms with Crippen LogP contribution < -0.4 is 10.1 Å². The molecular formula is C26H26N2O3. The minimum Gasteiger partial charge on any atom is -0.496 e. The van der Waals surface area contributed by atoms with Crippen molar-refractivity contribution in [1.82, 2.24) is 10.2 Å². The van der Waals surface area contributed by atoms with Crippen molar-refractivity contribution in [3.05, 3.63) is 102 Å². The molecule has 0 radical (unpaired) electrons. The average Bonchev–Trinajstić information content (AvgIpc) is 3.28. The molecule has 4 rings (SSSR count). The summed E-state index contributed by atoms with van der Waals surface area (Å²) < 4.78 is 5.56. The van der Waals surface area contributed by atoms with Gasteiger partial charge in [-0.25, -0.2) is 0 Å². The number of para-hydroxylation sites is 1. The maximum Gasteiger partial charge on any atom is 0.253 e. The molecule has 3 aromatic rings. The van der Waals surface area contributed by atoms with Gasteiger partial charge < -0.3 is 15.0 Å². The summed E-state index contributed by atoms with van der Waals surface area (Å²) in [4.78, 5) is 28.1. The number of hydrogen-bond acceptors (Lipinski definition) is 3. The Morgan fingerprint density at radius 2 is 1.55 bits per heavy atom. The van der Waals surface area contributed by atoms with E-state index in [1.165, 1.54) is 0 Å². The highest BCUT2D eigenvalue weighted by molar-refractivity contribution is 5.95. The van der Waals surface area contributed by atoms with Gasteiger partial charge in [0.05, 0.1) is 13.0 Å². The summed E-state index contributed by atoms with van der Waals surface area (Å²) in [5.41, 5.74) is 2.62. The van der Waals surface area contributed by atoms with Gasteiger partial charge in [0.25, 0.3) is 5.91 Å². The van der Waals surface area contributed by atoms with Crippen LogP contribution >= 0.6 is 0 Å². The SMILES string of the molecule is COc1ccccc1[C@@H]1CN(C(=O)c2ccccc2)C[C@H]1C(=O)NCc1ccccc1. The molecule has 3 aromatic carbocycles. The Kier molecular flexibility index (Phi) is 6.32. The van der Waals surface area contributed by atoms with Gasteiger partial charge in [0, 0.05) is 31.1 Å². The van der Waals surface area contributed by atoms with Crippen molar-refractivity contribution in [3.8, 4) is 5.75 Å². The highest BCUT2D eigenvalue weighted by Crippen LogP contribution is 2.38. The molecule has 0 aliphatic carbocycles. The normalized spacial score (nSPS) is 17.9. The summed E-state index contributed by atoms with van der Waals surface area (Å²) in [5, 5.41) is 3.06. The second-order valence-electron chi connectivity index (χ2n) is 7.73. The van der Waals surface area contributed by atoms with Gasteiger partial charge in [0.1, 0.15) is 5.75 Å². The number of carbonyl (C=O) groups is 2. The van der Waals surface area contributed by atoms with Crippen LogP contribution in [0.3, 0.4) is 0 Å². The molecule has 158 valence electrons. The monoisotopic (exact) mass is 414 g/mol. The van der Waals surface area contributed by atoms with Gasteiger partial charge in [-0.1, -0.05) is 66.7 Å². The largest absolute Gasteiger partial charge is 0.496 e. The topological polar surface area (TPSA) is 58.6 Å². The Hall–Kier alpha value is -3.60. The third kappa shape index (κ3) is 4.61. The van der Waals surface area contributed by atoms with E-state index in [4.69, 9.17) is 4.74 Å². The number of amides is 2. The molecule has 0 aromatic heterocycles. The molecule has 1 heterocycles. The summed E-state index contributed by atoms with van der Waals surface area (Å²) >= 11 is 0. The number of rotatable bonds is 6. The average molecular weight is 415 g/mol. The van der Waals surface area contributed by atoms with Crippen LogP contribution in [-0.2, 0) is 11.3 Å². The lowest BCUT2D eigenvalue weighted by atomic mass is 9.87. The lowest BCUT2D eigenvalue weighted by Gasteiger charge is -2.20. The third-order valence-corrected chi connectivity index (χ3v) is 5.81. The molecule has 0 bridgehead atoms. The van der Waals surface area contributed by atoms with Gasteiger partial charge >= 0.3 is 0 Å². The van der Waals surface area contributed by atoms with Crippen LogP contribution in [0.5, 0.6) is 5.75 Å². The summed E-state index contributed by atoms with van der Waals surface area (Å²) in [7, 11) is 1.63. The minimum absolute atomic E-state index is 0.0527. The molecule has 0 unspecified atom stereocenters. The Bertz CT molecular complexity index is 1040. The first kappa shape index (κ1) is 20.7. The molecule has 1 fully saturated rings. The first-order chi connectivity index (χ1) is 15.2. The van der Waals surface area contributed by atoms with Gasteiger partial charge in [-0.2, -0.15) is 0 Å². The minimum atomic E-state index is -0.354. The lowest BCUT2D eigenvalue weighted by Crippen LogP contribution is -2.35. The zero-order valence-electron chi connectivity index (χ0n) is 17.5. The molecule has 2 atom stereocenters. The number of nitrogens with zero attached hydrogens (tertiary/aromatic N) is 1. The van der Waals surface area contributed by atoms with E-state index in [0.717, 1.165) is 16.9 Å². The predicted molar refractivity (Wildman–Crippen MR) is 120 cm³/mol. The van der Waals surface area contributed by atoms with Crippen LogP contribution in [0.2, 0.25) is 0 Å². The molecule has 2 amide bonds. The molecule has 1 aliphatic heterocycles. The quantitative estimate of drug-likeness (QED) is 0.666. The van der Waals surface area contributed by atoms with Crippen molar-refractivity contribution >= 4 is 11.8 Å². The molecule has 1 saturated heterocycles. The van der Waals surface area contributed by atoms with E-state index in [-0.39, 0.29) is 23.7 Å². The van der Waals surface area contributed by atoms with E-state index in [2.05, 4.69) is 5.32 Å². The maximum absolute atomic E-state index is 13.2. The molecule has 5 nitrogen and oxygen atoms in total. The van der Waals surface area contributed by atoms with Gasteiger partial charge in [-0.05, 0) is 29.3 Å². The molecule has 31 heavy (non-hydrogen) atoms. The van der Waals surface area contributed by atoms with E-state index >= 15 is 0 Å². The Morgan fingerprint density at radius 3 is 2.26 bits per heavy atom. The van der Waals surface area contributed by atoms with Crippen molar-refractivity contribution in [2.75, 3.05) is 20.2 Å². The van der Waals surface area contributed by atoms with Crippen molar-refractivity contribution in [1.29, 1.82) is 0 Å². The van der Waals surface area contributed by atoms with E-state index in [0.29, 0.717) is 25.2 Å².